The molecule has 2 heterocycles. The third-order valence-corrected chi connectivity index (χ3v) is 3.96. The van der Waals surface area contributed by atoms with Gasteiger partial charge < -0.3 is 15.6 Å². The number of carbonyl (C=O) groups is 1. The summed E-state index contributed by atoms with van der Waals surface area (Å²) in [5, 5.41) is 10.9. The van der Waals surface area contributed by atoms with Crippen LogP contribution in [-0.2, 0) is 13.0 Å². The van der Waals surface area contributed by atoms with E-state index in [9.17, 15) is 4.79 Å². The van der Waals surface area contributed by atoms with Crippen molar-refractivity contribution < 1.29 is 4.79 Å². The van der Waals surface area contributed by atoms with E-state index in [1.165, 1.54) is 0 Å². The van der Waals surface area contributed by atoms with Crippen molar-refractivity contribution in [3.63, 3.8) is 0 Å². The molecule has 0 aliphatic rings. The number of nitrogen functional groups attached to an aromatic ring is 1. The predicted octanol–water partition coefficient (Wildman–Crippen LogP) is 1.62. The first-order chi connectivity index (χ1) is 12.6. The van der Waals surface area contributed by atoms with Gasteiger partial charge in [-0.15, -0.1) is 10.2 Å². The zero-order chi connectivity index (χ0) is 18.5. The van der Waals surface area contributed by atoms with E-state index in [2.05, 4.69) is 25.5 Å². The highest BCUT2D eigenvalue weighted by atomic mass is 16.1. The molecule has 0 spiro atoms. The Morgan fingerprint density at radius 1 is 1.27 bits per heavy atom. The molecule has 1 aromatic carbocycles. The molecule has 0 fully saturated rings. The third-order valence-electron chi connectivity index (χ3n) is 3.96. The number of aryl methyl sites for hydroxylation is 2. The molecule has 0 bridgehead atoms. The van der Waals surface area contributed by atoms with Crippen LogP contribution in [0.3, 0.4) is 0 Å². The number of hydrogen-bond donors (Lipinski definition) is 2. The predicted molar refractivity (Wildman–Crippen MR) is 98.4 cm³/mol. The first kappa shape index (κ1) is 17.5. The second-order valence-electron chi connectivity index (χ2n) is 5.87. The Balaban J connectivity index is 1.68. The zero-order valence-electron chi connectivity index (χ0n) is 14.8. The van der Waals surface area contributed by atoms with Gasteiger partial charge in [-0.2, -0.15) is 0 Å². The number of hydrogen-bond acceptors (Lipinski definition) is 6. The first-order valence-electron chi connectivity index (χ1n) is 8.43. The number of anilines is 1. The van der Waals surface area contributed by atoms with Crippen LogP contribution in [0, 0.1) is 6.92 Å². The molecule has 0 aliphatic carbocycles. The van der Waals surface area contributed by atoms with E-state index < -0.39 is 0 Å². The van der Waals surface area contributed by atoms with Crippen LogP contribution in [0.15, 0.2) is 36.7 Å². The molecular weight excluding hydrogens is 330 g/mol. The summed E-state index contributed by atoms with van der Waals surface area (Å²) < 4.78 is 1.95. The van der Waals surface area contributed by atoms with E-state index >= 15 is 0 Å². The third kappa shape index (κ3) is 4.02. The van der Waals surface area contributed by atoms with Crippen LogP contribution >= 0.6 is 0 Å². The fraction of sp³-hybridized carbons (Fsp3) is 0.278. The summed E-state index contributed by atoms with van der Waals surface area (Å²) in [5.74, 6) is 0.927. The molecule has 3 aromatic rings. The molecule has 0 atom stereocenters. The Morgan fingerprint density at radius 3 is 2.88 bits per heavy atom. The van der Waals surface area contributed by atoms with Gasteiger partial charge in [-0.25, -0.2) is 9.97 Å². The Morgan fingerprint density at radius 2 is 2.12 bits per heavy atom. The average Bonchev–Trinajstić information content (AvgIpc) is 3.08. The van der Waals surface area contributed by atoms with Crippen LogP contribution in [0.5, 0.6) is 0 Å². The summed E-state index contributed by atoms with van der Waals surface area (Å²) in [6.45, 7) is 5.17. The quantitative estimate of drug-likeness (QED) is 0.698. The maximum Gasteiger partial charge on any atom is 0.251 e. The zero-order valence-corrected chi connectivity index (χ0v) is 14.8. The van der Waals surface area contributed by atoms with Crippen LogP contribution in [0.2, 0.25) is 0 Å². The molecule has 3 rings (SSSR count). The number of nitrogens with two attached hydrogens (primary N) is 1. The lowest BCUT2D eigenvalue weighted by molar-refractivity contribution is 0.0954. The van der Waals surface area contributed by atoms with Crippen LogP contribution in [-0.4, -0.2) is 37.2 Å². The van der Waals surface area contributed by atoms with Crippen LogP contribution in [0.4, 0.5) is 5.95 Å². The summed E-state index contributed by atoms with van der Waals surface area (Å²) >= 11 is 0. The van der Waals surface area contributed by atoms with Crippen molar-refractivity contribution in [1.82, 2.24) is 30.0 Å². The molecular formula is C18H21N7O. The normalized spacial score (nSPS) is 10.7. The average molecular weight is 351 g/mol. The van der Waals surface area contributed by atoms with Crippen molar-refractivity contribution >= 4 is 11.9 Å². The minimum atomic E-state index is -0.145. The lowest BCUT2D eigenvalue weighted by Crippen LogP contribution is -2.26. The van der Waals surface area contributed by atoms with Crippen molar-refractivity contribution in [1.29, 1.82) is 0 Å². The van der Waals surface area contributed by atoms with Gasteiger partial charge in [0.05, 0.1) is 5.69 Å². The van der Waals surface area contributed by atoms with Crippen molar-refractivity contribution in [2.24, 2.45) is 0 Å². The topological polar surface area (TPSA) is 112 Å². The maximum atomic E-state index is 12.4. The largest absolute Gasteiger partial charge is 0.368 e. The minimum Gasteiger partial charge on any atom is -0.368 e. The summed E-state index contributed by atoms with van der Waals surface area (Å²) in [6.07, 6.45) is 2.32. The number of aromatic nitrogens is 5. The van der Waals surface area contributed by atoms with Gasteiger partial charge in [-0.1, -0.05) is 12.1 Å². The van der Waals surface area contributed by atoms with E-state index in [0.717, 1.165) is 23.6 Å². The number of nitrogens with zero attached hydrogens (tertiary/aromatic N) is 5. The lowest BCUT2D eigenvalue weighted by Gasteiger charge is -2.08. The highest BCUT2D eigenvalue weighted by molar-refractivity contribution is 5.95. The highest BCUT2D eigenvalue weighted by Crippen LogP contribution is 2.19. The van der Waals surface area contributed by atoms with Gasteiger partial charge in [-0.05, 0) is 32.0 Å². The Hall–Kier alpha value is -3.29. The molecule has 3 N–H and O–H groups in total. The number of carbonyl (C=O) groups excluding carboxylic acids is 1. The minimum absolute atomic E-state index is 0.145. The van der Waals surface area contributed by atoms with Gasteiger partial charge >= 0.3 is 0 Å². The molecule has 0 saturated heterocycles. The molecule has 8 nitrogen and oxygen atoms in total. The lowest BCUT2D eigenvalue weighted by atomic mass is 10.1. The second kappa shape index (κ2) is 7.73. The van der Waals surface area contributed by atoms with Crippen molar-refractivity contribution in [3.05, 3.63) is 53.7 Å². The Labute approximate surface area is 151 Å². The summed E-state index contributed by atoms with van der Waals surface area (Å²) in [4.78, 5) is 20.7. The van der Waals surface area contributed by atoms with Gasteiger partial charge in [0.25, 0.3) is 5.91 Å². The van der Waals surface area contributed by atoms with E-state index in [0.29, 0.717) is 24.2 Å². The van der Waals surface area contributed by atoms with E-state index in [1.807, 2.05) is 36.6 Å². The summed E-state index contributed by atoms with van der Waals surface area (Å²) in [5.41, 5.74) is 8.58. The number of rotatable bonds is 6. The summed E-state index contributed by atoms with van der Waals surface area (Å²) in [7, 11) is 0. The van der Waals surface area contributed by atoms with E-state index in [4.69, 9.17) is 5.73 Å². The van der Waals surface area contributed by atoms with Gasteiger partial charge in [0.15, 0.2) is 0 Å². The van der Waals surface area contributed by atoms with Crippen LogP contribution < -0.4 is 11.1 Å². The van der Waals surface area contributed by atoms with Crippen LogP contribution in [0.1, 0.15) is 28.8 Å². The molecule has 0 saturated carbocycles. The fourth-order valence-electron chi connectivity index (χ4n) is 2.69. The Kier molecular flexibility index (Phi) is 5.21. The second-order valence-corrected chi connectivity index (χ2v) is 5.87. The standard InChI is InChI=1S/C18H21N7O/c1-3-25-11-21-24-16(25)7-8-20-17(26)14-6-4-5-13(10-14)15-9-12(2)22-18(19)23-15/h4-6,9-11H,3,7-8H2,1-2H3,(H,20,26)(H2,19,22,23). The SMILES string of the molecule is CCn1cnnc1CCNC(=O)c1cccc(-c2cc(C)nc(N)n2)c1. The number of nitrogens with one attached hydrogen (secondary N) is 1. The molecule has 0 radical (unpaired) electrons. The monoisotopic (exact) mass is 351 g/mol. The smallest absolute Gasteiger partial charge is 0.251 e. The van der Waals surface area contributed by atoms with Crippen molar-refractivity contribution in [2.75, 3.05) is 12.3 Å². The number of amides is 1. The molecule has 0 aliphatic heterocycles. The molecule has 1 amide bonds. The van der Waals surface area contributed by atoms with Crippen LogP contribution in [0.25, 0.3) is 11.3 Å². The Bertz CT molecular complexity index is 899. The van der Waals surface area contributed by atoms with Crippen molar-refractivity contribution in [2.45, 2.75) is 26.8 Å². The molecule has 134 valence electrons. The van der Waals surface area contributed by atoms with E-state index in [1.54, 1.807) is 18.5 Å². The van der Waals surface area contributed by atoms with Gasteiger partial charge in [0.1, 0.15) is 12.2 Å². The molecule has 26 heavy (non-hydrogen) atoms. The molecule has 0 unspecified atom stereocenters. The van der Waals surface area contributed by atoms with Gasteiger partial charge in [-0.3, -0.25) is 4.79 Å². The van der Waals surface area contributed by atoms with Crippen molar-refractivity contribution in [3.8, 4) is 11.3 Å². The fourth-order valence-corrected chi connectivity index (χ4v) is 2.69. The first-order valence-corrected chi connectivity index (χ1v) is 8.43. The van der Waals surface area contributed by atoms with Gasteiger partial charge in [0, 0.05) is 36.3 Å². The molecule has 2 aromatic heterocycles. The van der Waals surface area contributed by atoms with Gasteiger partial charge in [0.2, 0.25) is 5.95 Å². The molecule has 8 heteroatoms. The number of benzene rings is 1. The maximum absolute atomic E-state index is 12.4. The van der Waals surface area contributed by atoms with E-state index in [-0.39, 0.29) is 11.9 Å². The summed E-state index contributed by atoms with van der Waals surface area (Å²) in [6, 6.07) is 9.12. The highest BCUT2D eigenvalue weighted by Gasteiger charge is 2.10.